The average molecular weight is 169 g/mol. The van der Waals surface area contributed by atoms with Crippen molar-refractivity contribution >= 4 is 0 Å². The molecule has 0 bridgehead atoms. The maximum Gasteiger partial charge on any atom is 1.00 e. The summed E-state index contributed by atoms with van der Waals surface area (Å²) in [5, 5.41) is 0. The van der Waals surface area contributed by atoms with E-state index in [0.29, 0.717) is 0 Å². The van der Waals surface area contributed by atoms with Gasteiger partial charge in [-0.1, -0.05) is 0 Å². The molecule has 1 N–H and O–H groups in total. The van der Waals surface area contributed by atoms with E-state index >= 15 is 0 Å². The third-order valence-corrected chi connectivity index (χ3v) is 0. The Bertz CT molecular complexity index is 16.0. The van der Waals surface area contributed by atoms with Crippen molar-refractivity contribution in [1.29, 1.82) is 0 Å². The molecule has 0 radical (unpaired) electrons. The molecule has 8 heavy (non-hydrogen) atoms. The summed E-state index contributed by atoms with van der Waals surface area (Å²) in [6.07, 6.45) is 0. The summed E-state index contributed by atoms with van der Waals surface area (Å²) in [6.45, 7) is 0. The summed E-state index contributed by atoms with van der Waals surface area (Å²) in [5.74, 6) is 0. The van der Waals surface area contributed by atoms with Crippen molar-refractivity contribution in [3.8, 4) is 0 Å². The molecule has 0 aromatic carbocycles. The molecule has 0 aliphatic carbocycles. The normalized spacial score (nSPS) is 4.50. The standard InChI is InChI=1S/ClHO3.3Na.O/c2-1(3)4;;;;/h2H;;;;/q;3*+1;-2. The Kier molecular flexibility index (Phi) is 85.4. The fourth-order valence-electron chi connectivity index (χ4n) is 0. The fourth-order valence-corrected chi connectivity index (χ4v) is 0. The molecule has 0 atom stereocenters. The molecule has 4 nitrogen and oxygen atoms in total. The van der Waals surface area contributed by atoms with Gasteiger partial charge in [0.15, 0.2) is 0 Å². The van der Waals surface area contributed by atoms with Crippen LogP contribution in [-0.2, 0) is 5.48 Å². The Hall–Kier alpha value is 3.13. The van der Waals surface area contributed by atoms with Crippen LogP contribution in [0.4, 0.5) is 0 Å². The van der Waals surface area contributed by atoms with Gasteiger partial charge in [0.2, 0.25) is 0 Å². The van der Waals surface area contributed by atoms with Crippen molar-refractivity contribution in [2.75, 3.05) is 0 Å². The van der Waals surface area contributed by atoms with Crippen molar-refractivity contribution in [1.82, 2.24) is 0 Å². The van der Waals surface area contributed by atoms with Gasteiger partial charge in [-0.2, -0.15) is 0 Å². The zero-order valence-electron chi connectivity index (χ0n) is 5.05. The second kappa shape index (κ2) is 22.5. The van der Waals surface area contributed by atoms with E-state index in [4.69, 9.17) is 14.0 Å². The summed E-state index contributed by atoms with van der Waals surface area (Å²) < 4.78 is 24.0. The monoisotopic (exact) mass is 169 g/mol. The van der Waals surface area contributed by atoms with Crippen LogP contribution in [0, 0.1) is 10.8 Å². The first-order valence-corrected chi connectivity index (χ1v) is 1.43. The molecule has 34 valence electrons. The summed E-state index contributed by atoms with van der Waals surface area (Å²) in [6, 6.07) is 0. The molecule has 0 unspecified atom stereocenters. The van der Waals surface area contributed by atoms with Crippen LogP contribution in [0.1, 0.15) is 0 Å². The van der Waals surface area contributed by atoms with Gasteiger partial charge >= 0.3 is 88.7 Å². The number of hydrogen-bond acceptors (Lipinski definition) is 3. The van der Waals surface area contributed by atoms with Gasteiger partial charge in [-0.3, -0.25) is 0 Å². The van der Waals surface area contributed by atoms with Crippen molar-refractivity contribution in [3.05, 3.63) is 0 Å². The van der Waals surface area contributed by atoms with Crippen LogP contribution in [0.15, 0.2) is 0 Å². The Labute approximate surface area is 117 Å². The summed E-state index contributed by atoms with van der Waals surface area (Å²) in [4.78, 5) is 0. The molecular formula is HClNa3O4+. The van der Waals surface area contributed by atoms with Gasteiger partial charge in [0, 0.05) is 4.66 Å². The van der Waals surface area contributed by atoms with E-state index in [9.17, 15) is 0 Å². The van der Waals surface area contributed by atoms with Gasteiger partial charge in [-0.25, -0.2) is 0 Å². The van der Waals surface area contributed by atoms with Crippen LogP contribution in [0.5, 0.6) is 0 Å². The number of rotatable bonds is 0. The molecule has 8 heteroatoms. The average Bonchev–Trinajstić information content (AvgIpc) is 0.811. The summed E-state index contributed by atoms with van der Waals surface area (Å²) in [7, 11) is -2.60. The molecule has 0 rings (SSSR count). The minimum Gasteiger partial charge on any atom is -2.00 e. The smallest absolute Gasteiger partial charge is 1.00 e. The van der Waals surface area contributed by atoms with Gasteiger partial charge in [0.25, 0.3) is 10.8 Å². The van der Waals surface area contributed by atoms with Crippen molar-refractivity contribution in [2.24, 2.45) is 0 Å². The van der Waals surface area contributed by atoms with E-state index in [2.05, 4.69) is 0 Å². The topological polar surface area (TPSA) is 94.9 Å². The van der Waals surface area contributed by atoms with E-state index in [1.165, 1.54) is 0 Å². The molecule has 0 aliphatic rings. The zero-order valence-corrected chi connectivity index (χ0v) is 11.8. The molecule has 0 amide bonds. The minimum absolute atomic E-state index is 0. The molecule has 0 saturated heterocycles. The van der Waals surface area contributed by atoms with Gasteiger partial charge in [-0.05, 0) is 0 Å². The first-order chi connectivity index (χ1) is 1.73. The van der Waals surface area contributed by atoms with E-state index in [-0.39, 0.29) is 94.1 Å². The van der Waals surface area contributed by atoms with Crippen LogP contribution in [-0.4, -0.2) is 4.66 Å². The molecule has 0 aromatic heterocycles. The zero-order chi connectivity index (χ0) is 3.58. The SMILES string of the molecule is [Na+].[Na+].[Na+].[O-2].[O-][Cl+2]([O-])O. The maximum absolute atomic E-state index is 8.52. The Morgan fingerprint density at radius 2 is 1.00 bits per heavy atom. The predicted molar refractivity (Wildman–Crippen MR) is 2.91 cm³/mol. The third-order valence-electron chi connectivity index (χ3n) is 0. The predicted octanol–water partition coefficient (Wildman–Crippen LogP) is -12.0. The van der Waals surface area contributed by atoms with Crippen LogP contribution in [0.2, 0.25) is 0 Å². The second-order valence-electron chi connectivity index (χ2n) is 0.201. The summed E-state index contributed by atoms with van der Waals surface area (Å²) in [5.41, 5.74) is 0. The molecule has 0 spiro atoms. The molecular weight excluding hydrogens is 168 g/mol. The van der Waals surface area contributed by atoms with E-state index < -0.39 is 10.8 Å². The molecule has 0 fully saturated rings. The van der Waals surface area contributed by atoms with Crippen LogP contribution >= 0.6 is 0 Å². The van der Waals surface area contributed by atoms with Crippen molar-refractivity contribution in [2.45, 2.75) is 0 Å². The summed E-state index contributed by atoms with van der Waals surface area (Å²) >= 11 is 0. The van der Waals surface area contributed by atoms with Crippen LogP contribution in [0.3, 0.4) is 0 Å². The maximum atomic E-state index is 8.52. The third kappa shape index (κ3) is 61.6. The van der Waals surface area contributed by atoms with Gasteiger partial charge in [-0.15, -0.1) is 0 Å². The Morgan fingerprint density at radius 1 is 1.00 bits per heavy atom. The van der Waals surface area contributed by atoms with E-state index in [1.807, 2.05) is 0 Å². The van der Waals surface area contributed by atoms with Gasteiger partial charge < -0.3 is 14.8 Å². The first-order valence-electron chi connectivity index (χ1n) is 0.478. The molecule has 0 saturated carbocycles. The van der Waals surface area contributed by atoms with Crippen LogP contribution in [0.25, 0.3) is 0 Å². The second-order valence-corrected chi connectivity index (χ2v) is 0.603. The molecule has 0 aromatic rings. The Balaban J connectivity index is -0.00000000750. The van der Waals surface area contributed by atoms with Gasteiger partial charge in [0.05, 0.1) is 0 Å². The van der Waals surface area contributed by atoms with E-state index in [1.54, 1.807) is 0 Å². The molecule has 0 aliphatic heterocycles. The van der Waals surface area contributed by atoms with Crippen molar-refractivity contribution in [3.63, 3.8) is 0 Å². The largest absolute Gasteiger partial charge is 2.00 e. The first kappa shape index (κ1) is 30.4. The van der Waals surface area contributed by atoms with Gasteiger partial charge in [0.1, 0.15) is 0 Å². The number of halogens is 1. The molecule has 0 heterocycles. The quantitative estimate of drug-likeness (QED) is 0.365. The van der Waals surface area contributed by atoms with Crippen molar-refractivity contribution < 1.29 is 119 Å². The Morgan fingerprint density at radius 3 is 1.00 bits per heavy atom. The number of hydrogen-bond donors (Lipinski definition) is 1. The van der Waals surface area contributed by atoms with Crippen LogP contribution < -0.4 is 98.0 Å². The fraction of sp³-hybridized carbons (Fsp3) is 0. The minimum atomic E-state index is -2.60. The van der Waals surface area contributed by atoms with E-state index in [0.717, 1.165) is 0 Å².